The Morgan fingerprint density at radius 1 is 0.804 bits per heavy atom. The first-order valence-corrected chi connectivity index (χ1v) is 16.8. The lowest BCUT2D eigenvalue weighted by molar-refractivity contribution is -0.140. The third-order valence-corrected chi connectivity index (χ3v) is 9.42. The summed E-state index contributed by atoms with van der Waals surface area (Å²) in [5.41, 5.74) is 3.87. The first-order chi connectivity index (χ1) is 21.8. The van der Waals surface area contributed by atoms with E-state index in [9.17, 15) is 18.0 Å². The normalized spacial score (nSPS) is 12.1. The summed E-state index contributed by atoms with van der Waals surface area (Å²) in [7, 11) is -4.23. The number of nitrogens with one attached hydrogen (secondary N) is 1. The quantitative estimate of drug-likeness (QED) is 0.184. The van der Waals surface area contributed by atoms with Crippen molar-refractivity contribution in [2.45, 2.75) is 58.5 Å². The highest BCUT2D eigenvalue weighted by atomic mass is 32.2. The molecule has 0 saturated heterocycles. The fourth-order valence-electron chi connectivity index (χ4n) is 5.25. The summed E-state index contributed by atoms with van der Waals surface area (Å²) in [6, 6.07) is 26.1. The molecule has 0 unspecified atom stereocenters. The monoisotopic (exact) mass is 643 g/mol. The summed E-state index contributed by atoms with van der Waals surface area (Å²) in [5.74, 6) is -1.42. The van der Waals surface area contributed by atoms with E-state index in [4.69, 9.17) is 0 Å². The maximum absolute atomic E-state index is 15.1. The predicted molar refractivity (Wildman–Crippen MR) is 180 cm³/mol. The highest BCUT2D eigenvalue weighted by Gasteiger charge is 2.35. The molecule has 0 heterocycles. The van der Waals surface area contributed by atoms with Crippen LogP contribution < -0.4 is 9.62 Å². The van der Waals surface area contributed by atoms with Crippen molar-refractivity contribution in [1.82, 2.24) is 10.2 Å². The molecule has 0 fully saturated rings. The van der Waals surface area contributed by atoms with E-state index in [0.717, 1.165) is 26.6 Å². The molecule has 7 nitrogen and oxygen atoms in total. The van der Waals surface area contributed by atoms with E-state index in [0.29, 0.717) is 12.2 Å². The van der Waals surface area contributed by atoms with Gasteiger partial charge in [0.2, 0.25) is 11.8 Å². The van der Waals surface area contributed by atoms with Crippen LogP contribution in [0, 0.1) is 32.5 Å². The fourth-order valence-corrected chi connectivity index (χ4v) is 6.65. The highest BCUT2D eigenvalue weighted by molar-refractivity contribution is 7.92. The number of hydrogen-bond donors (Lipinski definition) is 1. The molecule has 0 radical (unpaired) electrons. The minimum Gasteiger partial charge on any atom is -0.354 e. The largest absolute Gasteiger partial charge is 0.354 e. The minimum atomic E-state index is -4.23. The van der Waals surface area contributed by atoms with Crippen LogP contribution in [0.1, 0.15) is 41.7 Å². The molecule has 0 aliphatic rings. The van der Waals surface area contributed by atoms with Crippen molar-refractivity contribution in [2.24, 2.45) is 5.92 Å². The van der Waals surface area contributed by atoms with Crippen molar-refractivity contribution in [1.29, 1.82) is 0 Å². The number of nitrogens with zero attached hydrogens (tertiary/aromatic N) is 2. The summed E-state index contributed by atoms with van der Waals surface area (Å²) in [4.78, 5) is 29.7. The van der Waals surface area contributed by atoms with E-state index in [2.05, 4.69) is 5.32 Å². The third-order valence-electron chi connectivity index (χ3n) is 7.64. The number of sulfonamides is 1. The topological polar surface area (TPSA) is 86.8 Å². The predicted octanol–water partition coefficient (Wildman–Crippen LogP) is 6.36. The molecule has 4 aromatic rings. The molecule has 1 atom stereocenters. The molecule has 0 saturated carbocycles. The SMILES string of the molecule is Cc1ccc(S(=O)(=O)N(CC(=O)N(Cc2ccccc2F)[C@@H](Cc2ccccc2)C(=O)NCC(C)C)c2cc(C)cc(C)c2)cc1. The van der Waals surface area contributed by atoms with Gasteiger partial charge in [-0.05, 0) is 73.7 Å². The molecule has 0 aromatic heterocycles. The van der Waals surface area contributed by atoms with E-state index in [-0.39, 0.29) is 29.3 Å². The second-order valence-electron chi connectivity index (χ2n) is 12.1. The highest BCUT2D eigenvalue weighted by Crippen LogP contribution is 2.27. The molecular formula is C37H42FN3O4S. The van der Waals surface area contributed by atoms with Gasteiger partial charge in [-0.15, -0.1) is 0 Å². The summed E-state index contributed by atoms with van der Waals surface area (Å²) in [6.45, 7) is 9.04. The van der Waals surface area contributed by atoms with Crippen LogP contribution in [0.2, 0.25) is 0 Å². The van der Waals surface area contributed by atoms with Crippen molar-refractivity contribution in [3.8, 4) is 0 Å². The van der Waals surface area contributed by atoms with Crippen LogP contribution in [0.25, 0.3) is 0 Å². The van der Waals surface area contributed by atoms with Crippen molar-refractivity contribution in [2.75, 3.05) is 17.4 Å². The molecule has 242 valence electrons. The summed E-state index contributed by atoms with van der Waals surface area (Å²) >= 11 is 0. The van der Waals surface area contributed by atoms with Gasteiger partial charge in [0.05, 0.1) is 10.6 Å². The minimum absolute atomic E-state index is 0.0289. The average molecular weight is 644 g/mol. The molecule has 2 amide bonds. The number of hydrogen-bond acceptors (Lipinski definition) is 4. The fraction of sp³-hybridized carbons (Fsp3) is 0.297. The van der Waals surface area contributed by atoms with Gasteiger partial charge in [-0.2, -0.15) is 0 Å². The Hall–Kier alpha value is -4.50. The molecule has 0 aliphatic heterocycles. The van der Waals surface area contributed by atoms with E-state index in [1.807, 2.05) is 71.0 Å². The number of carbonyl (C=O) groups is 2. The molecule has 9 heteroatoms. The van der Waals surface area contributed by atoms with Crippen LogP contribution in [-0.2, 0) is 32.6 Å². The molecule has 0 bridgehead atoms. The van der Waals surface area contributed by atoms with E-state index >= 15 is 4.39 Å². The first kappa shape index (κ1) is 34.4. The Bertz CT molecular complexity index is 1740. The molecule has 0 spiro atoms. The second kappa shape index (κ2) is 15.2. The van der Waals surface area contributed by atoms with Crippen LogP contribution in [0.3, 0.4) is 0 Å². The van der Waals surface area contributed by atoms with Crippen molar-refractivity contribution in [3.63, 3.8) is 0 Å². The number of halogens is 1. The Labute approximate surface area is 272 Å². The zero-order chi connectivity index (χ0) is 33.4. The van der Waals surface area contributed by atoms with Gasteiger partial charge in [-0.1, -0.05) is 86.1 Å². The molecular weight excluding hydrogens is 601 g/mol. The van der Waals surface area contributed by atoms with Crippen LogP contribution >= 0.6 is 0 Å². The number of anilines is 1. The van der Waals surface area contributed by atoms with Crippen molar-refractivity contribution in [3.05, 3.63) is 131 Å². The number of aryl methyl sites for hydroxylation is 3. The zero-order valence-corrected chi connectivity index (χ0v) is 27.9. The number of carbonyl (C=O) groups excluding carboxylic acids is 2. The molecule has 0 aliphatic carbocycles. The Balaban J connectivity index is 1.83. The Kier molecular flexibility index (Phi) is 11.4. The lowest BCUT2D eigenvalue weighted by Crippen LogP contribution is -2.53. The summed E-state index contributed by atoms with van der Waals surface area (Å²) in [6.07, 6.45) is 0.152. The molecule has 4 aromatic carbocycles. The van der Waals surface area contributed by atoms with Gasteiger partial charge < -0.3 is 10.2 Å². The van der Waals surface area contributed by atoms with Gasteiger partial charge >= 0.3 is 0 Å². The zero-order valence-electron chi connectivity index (χ0n) is 27.0. The van der Waals surface area contributed by atoms with Gasteiger partial charge in [0.1, 0.15) is 18.4 Å². The van der Waals surface area contributed by atoms with Crippen LogP contribution in [0.5, 0.6) is 0 Å². The number of rotatable bonds is 13. The van der Waals surface area contributed by atoms with Crippen LogP contribution in [0.4, 0.5) is 10.1 Å². The van der Waals surface area contributed by atoms with Crippen molar-refractivity contribution < 1.29 is 22.4 Å². The summed E-state index contributed by atoms with van der Waals surface area (Å²) < 4.78 is 44.6. The number of amides is 2. The Morgan fingerprint density at radius 3 is 2.02 bits per heavy atom. The third kappa shape index (κ3) is 8.81. The van der Waals surface area contributed by atoms with Gasteiger partial charge in [-0.3, -0.25) is 13.9 Å². The molecule has 4 rings (SSSR count). The van der Waals surface area contributed by atoms with Crippen LogP contribution in [0.15, 0.2) is 102 Å². The van der Waals surface area contributed by atoms with Gasteiger partial charge in [0.15, 0.2) is 0 Å². The summed E-state index contributed by atoms with van der Waals surface area (Å²) in [5, 5.41) is 2.94. The maximum atomic E-state index is 15.1. The van der Waals surface area contributed by atoms with Gasteiger partial charge in [-0.25, -0.2) is 12.8 Å². The van der Waals surface area contributed by atoms with Gasteiger partial charge in [0, 0.05) is 25.1 Å². The van der Waals surface area contributed by atoms with E-state index in [1.54, 1.807) is 42.5 Å². The smallest absolute Gasteiger partial charge is 0.264 e. The van der Waals surface area contributed by atoms with E-state index in [1.165, 1.54) is 23.1 Å². The van der Waals surface area contributed by atoms with Crippen molar-refractivity contribution >= 4 is 27.5 Å². The lowest BCUT2D eigenvalue weighted by atomic mass is 10.0. The average Bonchev–Trinajstić information content (AvgIpc) is 3.01. The molecule has 46 heavy (non-hydrogen) atoms. The van der Waals surface area contributed by atoms with Gasteiger partial charge in [0.25, 0.3) is 10.0 Å². The molecule has 1 N–H and O–H groups in total. The lowest BCUT2D eigenvalue weighted by Gasteiger charge is -2.34. The van der Waals surface area contributed by atoms with E-state index < -0.39 is 40.2 Å². The first-order valence-electron chi connectivity index (χ1n) is 15.4. The standard InChI is InChI=1S/C37H42FN3O4S/c1-26(2)23-39-37(43)35(22-30-11-7-6-8-12-30)40(24-31-13-9-10-14-34(31)38)36(42)25-41(32-20-28(4)19-29(5)21-32)46(44,45)33-17-15-27(3)16-18-33/h6-21,26,35H,22-25H2,1-5H3,(H,39,43)/t35-/m0/s1. The Morgan fingerprint density at radius 2 is 1.41 bits per heavy atom. The maximum Gasteiger partial charge on any atom is 0.264 e. The van der Waals surface area contributed by atoms with Crippen LogP contribution in [-0.4, -0.2) is 44.3 Å². The number of benzene rings is 4. The second-order valence-corrected chi connectivity index (χ2v) is 14.0.